The molecule has 2 aromatic heterocycles. The molecule has 9 heteroatoms. The molecule has 1 saturated carbocycles. The lowest BCUT2D eigenvalue weighted by molar-refractivity contribution is -0.0361. The number of aryl methyl sites for hydroxylation is 1. The summed E-state index contributed by atoms with van der Waals surface area (Å²) in [5, 5.41) is 10.2. The van der Waals surface area contributed by atoms with Gasteiger partial charge >= 0.3 is 6.09 Å². The Morgan fingerprint density at radius 1 is 1.37 bits per heavy atom. The van der Waals surface area contributed by atoms with Crippen molar-refractivity contribution >= 4 is 11.9 Å². The lowest BCUT2D eigenvalue weighted by atomic mass is 9.92. The van der Waals surface area contributed by atoms with Crippen molar-refractivity contribution in [1.29, 1.82) is 0 Å². The summed E-state index contributed by atoms with van der Waals surface area (Å²) in [6.45, 7) is 2.13. The Morgan fingerprint density at radius 3 is 2.74 bits per heavy atom. The van der Waals surface area contributed by atoms with E-state index < -0.39 is 12.0 Å². The predicted molar refractivity (Wildman–Crippen MR) is 96.2 cm³/mol. The molecular formula is C18H23F2N5O2. The molecular weight excluding hydrogens is 356 g/mol. The SMILES string of the molecule is COC(=O)NCc1cc(NC2CCC(F)(F)CC2)nc(-n2ccc(C)n2)c1. The molecule has 1 aliphatic rings. The predicted octanol–water partition coefficient (Wildman–Crippen LogP) is 3.42. The topological polar surface area (TPSA) is 81.1 Å². The third-order valence-electron chi connectivity index (χ3n) is 4.52. The van der Waals surface area contributed by atoms with Gasteiger partial charge in [0.1, 0.15) is 5.82 Å². The van der Waals surface area contributed by atoms with Crippen LogP contribution in [-0.2, 0) is 11.3 Å². The number of alkyl carbamates (subject to hydrolysis) is 1. The van der Waals surface area contributed by atoms with Crippen LogP contribution in [0.15, 0.2) is 24.4 Å². The number of aromatic nitrogens is 3. The van der Waals surface area contributed by atoms with Crippen molar-refractivity contribution in [3.8, 4) is 5.82 Å². The number of pyridine rings is 1. The highest BCUT2D eigenvalue weighted by Crippen LogP contribution is 2.34. The molecule has 2 N–H and O–H groups in total. The quantitative estimate of drug-likeness (QED) is 0.832. The average Bonchev–Trinajstić information content (AvgIpc) is 3.08. The molecule has 1 amide bonds. The zero-order valence-electron chi connectivity index (χ0n) is 15.3. The second kappa shape index (κ2) is 7.89. The van der Waals surface area contributed by atoms with Crippen LogP contribution in [0.2, 0.25) is 0 Å². The highest BCUT2D eigenvalue weighted by molar-refractivity contribution is 5.67. The van der Waals surface area contributed by atoms with Crippen molar-refractivity contribution in [1.82, 2.24) is 20.1 Å². The molecule has 7 nitrogen and oxygen atoms in total. The Morgan fingerprint density at radius 2 is 2.11 bits per heavy atom. The number of alkyl halides is 2. The Kier molecular flexibility index (Phi) is 5.57. The van der Waals surface area contributed by atoms with Gasteiger partial charge in [-0.25, -0.2) is 23.2 Å². The maximum atomic E-state index is 13.4. The summed E-state index contributed by atoms with van der Waals surface area (Å²) in [4.78, 5) is 15.9. The molecule has 2 aromatic rings. The number of amides is 1. The fourth-order valence-electron chi connectivity index (χ4n) is 3.05. The summed E-state index contributed by atoms with van der Waals surface area (Å²) in [7, 11) is 1.30. The van der Waals surface area contributed by atoms with Gasteiger partial charge in [0, 0.05) is 31.6 Å². The lowest BCUT2D eigenvalue weighted by Crippen LogP contribution is -2.32. The van der Waals surface area contributed by atoms with Crippen LogP contribution in [0.3, 0.4) is 0 Å². The molecule has 146 valence electrons. The first-order valence-corrected chi connectivity index (χ1v) is 8.84. The molecule has 0 bridgehead atoms. The molecule has 3 rings (SSSR count). The van der Waals surface area contributed by atoms with E-state index in [4.69, 9.17) is 0 Å². The number of nitrogens with zero attached hydrogens (tertiary/aromatic N) is 3. The second-order valence-electron chi connectivity index (χ2n) is 6.74. The smallest absolute Gasteiger partial charge is 0.407 e. The number of anilines is 1. The van der Waals surface area contributed by atoms with E-state index in [2.05, 4.69) is 25.5 Å². The van der Waals surface area contributed by atoms with Crippen molar-refractivity contribution in [3.05, 3.63) is 35.7 Å². The van der Waals surface area contributed by atoms with Crippen LogP contribution in [0.5, 0.6) is 0 Å². The summed E-state index contributed by atoms with van der Waals surface area (Å²) in [5.41, 5.74) is 1.64. The first-order valence-electron chi connectivity index (χ1n) is 8.84. The van der Waals surface area contributed by atoms with Gasteiger partial charge in [-0.05, 0) is 43.5 Å². The highest BCUT2D eigenvalue weighted by atomic mass is 19.3. The second-order valence-corrected chi connectivity index (χ2v) is 6.74. The molecule has 1 fully saturated rings. The van der Waals surface area contributed by atoms with Gasteiger partial charge < -0.3 is 15.4 Å². The van der Waals surface area contributed by atoms with Gasteiger partial charge in [0.25, 0.3) is 0 Å². The van der Waals surface area contributed by atoms with Gasteiger partial charge in [0.2, 0.25) is 5.92 Å². The molecule has 0 spiro atoms. The zero-order chi connectivity index (χ0) is 19.4. The normalized spacial score (nSPS) is 16.7. The first kappa shape index (κ1) is 19.1. The molecule has 0 radical (unpaired) electrons. The van der Waals surface area contributed by atoms with Crippen molar-refractivity contribution in [2.45, 2.75) is 51.1 Å². The van der Waals surface area contributed by atoms with E-state index in [9.17, 15) is 13.6 Å². The number of halogens is 2. The summed E-state index contributed by atoms with van der Waals surface area (Å²) in [6, 6.07) is 5.40. The van der Waals surface area contributed by atoms with E-state index in [-0.39, 0.29) is 25.4 Å². The fourth-order valence-corrected chi connectivity index (χ4v) is 3.05. The lowest BCUT2D eigenvalue weighted by Gasteiger charge is -2.29. The standard InChI is InChI=1S/C18H23F2N5O2/c1-12-5-8-25(24-12)16-10-13(11-21-17(26)27-2)9-15(23-16)22-14-3-6-18(19,20)7-4-14/h5,8-10,14H,3-4,6-7,11H2,1-2H3,(H,21,26)(H,22,23). The summed E-state index contributed by atoms with van der Waals surface area (Å²) in [5.74, 6) is -1.43. The maximum absolute atomic E-state index is 13.4. The summed E-state index contributed by atoms with van der Waals surface area (Å²) in [6.07, 6.45) is 1.77. The Hall–Kier alpha value is -2.71. The molecule has 0 atom stereocenters. The number of ether oxygens (including phenoxy) is 1. The molecule has 1 aliphatic carbocycles. The van der Waals surface area contributed by atoms with Crippen LogP contribution in [0.1, 0.15) is 36.9 Å². The maximum Gasteiger partial charge on any atom is 0.407 e. The number of rotatable bonds is 5. The van der Waals surface area contributed by atoms with Crippen LogP contribution < -0.4 is 10.6 Å². The highest BCUT2D eigenvalue weighted by Gasteiger charge is 2.34. The van der Waals surface area contributed by atoms with E-state index in [1.165, 1.54) is 7.11 Å². The van der Waals surface area contributed by atoms with Crippen molar-refractivity contribution in [2.24, 2.45) is 0 Å². The van der Waals surface area contributed by atoms with Gasteiger partial charge in [-0.1, -0.05) is 0 Å². The Balaban J connectivity index is 1.80. The van der Waals surface area contributed by atoms with Crippen LogP contribution in [-0.4, -0.2) is 39.9 Å². The number of carbonyl (C=O) groups is 1. The fraction of sp³-hybridized carbons (Fsp3) is 0.500. The molecule has 0 saturated heterocycles. The molecule has 0 unspecified atom stereocenters. The average molecular weight is 379 g/mol. The van der Waals surface area contributed by atoms with E-state index in [0.29, 0.717) is 24.5 Å². The molecule has 27 heavy (non-hydrogen) atoms. The van der Waals surface area contributed by atoms with Crippen LogP contribution in [0, 0.1) is 6.92 Å². The number of hydrogen-bond donors (Lipinski definition) is 2. The zero-order valence-corrected chi connectivity index (χ0v) is 15.3. The third kappa shape index (κ3) is 5.15. The van der Waals surface area contributed by atoms with Gasteiger partial charge in [0.05, 0.1) is 12.8 Å². The van der Waals surface area contributed by atoms with Crippen molar-refractivity contribution in [3.63, 3.8) is 0 Å². The van der Waals surface area contributed by atoms with E-state index in [1.807, 2.05) is 19.1 Å². The Bertz CT molecular complexity index is 799. The van der Waals surface area contributed by atoms with Crippen molar-refractivity contribution in [2.75, 3.05) is 12.4 Å². The summed E-state index contributed by atoms with van der Waals surface area (Å²) < 4.78 is 33.0. The van der Waals surface area contributed by atoms with Crippen LogP contribution in [0.25, 0.3) is 5.82 Å². The van der Waals surface area contributed by atoms with Crippen molar-refractivity contribution < 1.29 is 18.3 Å². The molecule has 2 heterocycles. The van der Waals surface area contributed by atoms with Crippen LogP contribution >= 0.6 is 0 Å². The van der Waals surface area contributed by atoms with Gasteiger partial charge in [-0.15, -0.1) is 0 Å². The molecule has 0 aromatic carbocycles. The summed E-state index contributed by atoms with van der Waals surface area (Å²) >= 11 is 0. The van der Waals surface area contributed by atoms with E-state index in [0.717, 1.165) is 11.3 Å². The van der Waals surface area contributed by atoms with E-state index >= 15 is 0 Å². The van der Waals surface area contributed by atoms with Gasteiger partial charge in [-0.2, -0.15) is 5.10 Å². The third-order valence-corrected chi connectivity index (χ3v) is 4.52. The van der Waals surface area contributed by atoms with Gasteiger partial charge in [-0.3, -0.25) is 0 Å². The van der Waals surface area contributed by atoms with Crippen LogP contribution in [0.4, 0.5) is 19.4 Å². The number of hydrogen-bond acceptors (Lipinski definition) is 5. The minimum atomic E-state index is -2.57. The first-order chi connectivity index (χ1) is 12.8. The minimum absolute atomic E-state index is 0.0619. The monoisotopic (exact) mass is 379 g/mol. The van der Waals surface area contributed by atoms with E-state index in [1.54, 1.807) is 16.9 Å². The number of carbonyl (C=O) groups excluding carboxylic acids is 1. The molecule has 0 aliphatic heterocycles. The number of methoxy groups -OCH3 is 1. The Labute approximate surface area is 156 Å². The van der Waals surface area contributed by atoms with Gasteiger partial charge in [0.15, 0.2) is 5.82 Å². The largest absolute Gasteiger partial charge is 0.453 e. The number of nitrogens with one attached hydrogen (secondary N) is 2. The minimum Gasteiger partial charge on any atom is -0.453 e.